The molecule has 7 heteroatoms. The van der Waals surface area contributed by atoms with Crippen LogP contribution in [0.4, 0.5) is 0 Å². The van der Waals surface area contributed by atoms with Crippen LogP contribution in [-0.2, 0) is 28.6 Å². The molecule has 0 aliphatic rings. The molecule has 0 aliphatic carbocycles. The van der Waals surface area contributed by atoms with E-state index in [1.807, 2.05) is 0 Å². The van der Waals surface area contributed by atoms with Gasteiger partial charge < -0.3 is 19.3 Å². The molecular formula is C37H70O7. The first-order valence-electron chi connectivity index (χ1n) is 18.6. The number of ether oxygens (including phenoxy) is 3. The molecule has 0 aliphatic heterocycles. The third-order valence-electron chi connectivity index (χ3n) is 8.26. The molecule has 0 radical (unpaired) electrons. The topological polar surface area (TPSA) is 99.1 Å². The van der Waals surface area contributed by atoms with Crippen LogP contribution in [0.1, 0.15) is 194 Å². The van der Waals surface area contributed by atoms with Gasteiger partial charge in [0.1, 0.15) is 19.8 Å². The molecule has 0 amide bonds. The molecule has 0 aromatic rings. The van der Waals surface area contributed by atoms with Gasteiger partial charge in [-0.2, -0.15) is 0 Å². The highest BCUT2D eigenvalue weighted by molar-refractivity contribution is 5.71. The van der Waals surface area contributed by atoms with Crippen molar-refractivity contribution in [1.29, 1.82) is 0 Å². The van der Waals surface area contributed by atoms with E-state index in [0.717, 1.165) is 38.5 Å². The van der Waals surface area contributed by atoms with E-state index in [-0.39, 0.29) is 25.2 Å². The maximum atomic E-state index is 12.2. The predicted octanol–water partition coefficient (Wildman–Crippen LogP) is 9.94. The van der Waals surface area contributed by atoms with Crippen molar-refractivity contribution in [1.82, 2.24) is 0 Å². The summed E-state index contributed by atoms with van der Waals surface area (Å²) in [4.78, 5) is 35.9. The molecule has 0 atom stereocenters. The SMILES string of the molecule is CCCCCCCCCCCCCCCC(=O)OCC(COC(=O)CCCCCCCCCCCCCCC)OC(=O)CO. The summed E-state index contributed by atoms with van der Waals surface area (Å²) < 4.78 is 15.7. The number of carbonyl (C=O) groups excluding carboxylic acids is 3. The van der Waals surface area contributed by atoms with Crippen molar-refractivity contribution in [2.24, 2.45) is 0 Å². The van der Waals surface area contributed by atoms with E-state index in [1.165, 1.54) is 128 Å². The molecule has 0 bridgehead atoms. The second-order valence-corrected chi connectivity index (χ2v) is 12.6. The largest absolute Gasteiger partial charge is 0.462 e. The van der Waals surface area contributed by atoms with Crippen molar-refractivity contribution in [2.45, 2.75) is 200 Å². The summed E-state index contributed by atoms with van der Waals surface area (Å²) in [5.74, 6) is -1.54. The summed E-state index contributed by atoms with van der Waals surface area (Å²) in [5, 5.41) is 9.02. The van der Waals surface area contributed by atoms with Gasteiger partial charge in [0.2, 0.25) is 0 Å². The number of unbranched alkanes of at least 4 members (excludes halogenated alkanes) is 24. The fraction of sp³-hybridized carbons (Fsp3) is 0.919. The standard InChI is InChI=1S/C37H70O7/c1-3-5-7-9-11-13-15-17-19-21-23-25-27-29-35(39)42-32-34(44-37(41)31-38)33-43-36(40)30-28-26-24-22-20-18-16-14-12-10-8-6-4-2/h34,38H,3-33H2,1-2H3. The zero-order chi connectivity index (χ0) is 32.4. The van der Waals surface area contributed by atoms with Gasteiger partial charge in [-0.1, -0.05) is 168 Å². The molecule has 260 valence electrons. The Hall–Kier alpha value is -1.63. The lowest BCUT2D eigenvalue weighted by atomic mass is 10.0. The van der Waals surface area contributed by atoms with Gasteiger partial charge in [-0.3, -0.25) is 9.59 Å². The Morgan fingerprint density at radius 1 is 0.432 bits per heavy atom. The van der Waals surface area contributed by atoms with Crippen LogP contribution in [0.15, 0.2) is 0 Å². The van der Waals surface area contributed by atoms with Gasteiger partial charge in [0, 0.05) is 12.8 Å². The van der Waals surface area contributed by atoms with E-state index >= 15 is 0 Å². The molecule has 7 nitrogen and oxygen atoms in total. The highest BCUT2D eigenvalue weighted by Crippen LogP contribution is 2.15. The maximum Gasteiger partial charge on any atom is 0.332 e. The van der Waals surface area contributed by atoms with Gasteiger partial charge in [0.25, 0.3) is 0 Å². The molecule has 0 aromatic carbocycles. The monoisotopic (exact) mass is 627 g/mol. The third kappa shape index (κ3) is 31.8. The van der Waals surface area contributed by atoms with Crippen molar-refractivity contribution in [2.75, 3.05) is 19.8 Å². The van der Waals surface area contributed by atoms with Gasteiger partial charge in [-0.25, -0.2) is 4.79 Å². The summed E-state index contributed by atoms with van der Waals surface area (Å²) in [6.45, 7) is 3.35. The van der Waals surface area contributed by atoms with Crippen molar-refractivity contribution in [3.8, 4) is 0 Å². The molecule has 0 spiro atoms. The predicted molar refractivity (Wildman–Crippen MR) is 180 cm³/mol. The quantitative estimate of drug-likeness (QED) is 0.0431. The van der Waals surface area contributed by atoms with Gasteiger partial charge in [0.05, 0.1) is 0 Å². The first kappa shape index (κ1) is 42.4. The van der Waals surface area contributed by atoms with E-state index in [1.54, 1.807) is 0 Å². The van der Waals surface area contributed by atoms with Crippen LogP contribution in [0.3, 0.4) is 0 Å². The van der Waals surface area contributed by atoms with Crippen LogP contribution >= 0.6 is 0 Å². The van der Waals surface area contributed by atoms with Crippen molar-refractivity contribution in [3.63, 3.8) is 0 Å². The van der Waals surface area contributed by atoms with Crippen LogP contribution in [0, 0.1) is 0 Å². The Morgan fingerprint density at radius 2 is 0.705 bits per heavy atom. The molecule has 0 heterocycles. The molecule has 0 unspecified atom stereocenters. The lowest BCUT2D eigenvalue weighted by Gasteiger charge is -2.17. The molecule has 0 rings (SSSR count). The van der Waals surface area contributed by atoms with Crippen molar-refractivity contribution in [3.05, 3.63) is 0 Å². The number of aliphatic hydroxyl groups is 1. The smallest absolute Gasteiger partial charge is 0.332 e. The number of esters is 3. The molecular weight excluding hydrogens is 556 g/mol. The van der Waals surface area contributed by atoms with Gasteiger partial charge in [0.15, 0.2) is 6.10 Å². The third-order valence-corrected chi connectivity index (χ3v) is 8.26. The zero-order valence-corrected chi connectivity index (χ0v) is 28.9. The van der Waals surface area contributed by atoms with Crippen LogP contribution < -0.4 is 0 Å². The number of rotatable bonds is 34. The lowest BCUT2D eigenvalue weighted by molar-refractivity contribution is -0.168. The van der Waals surface area contributed by atoms with Crippen molar-refractivity contribution >= 4 is 17.9 Å². The zero-order valence-electron chi connectivity index (χ0n) is 28.9. The Morgan fingerprint density at radius 3 is 0.977 bits per heavy atom. The Kier molecular flexibility index (Phi) is 33.0. The summed E-state index contributed by atoms with van der Waals surface area (Å²) in [6, 6.07) is 0. The van der Waals surface area contributed by atoms with E-state index in [9.17, 15) is 14.4 Å². The van der Waals surface area contributed by atoms with Crippen molar-refractivity contribution < 1.29 is 33.7 Å². The highest BCUT2D eigenvalue weighted by Gasteiger charge is 2.19. The van der Waals surface area contributed by atoms with Crippen LogP contribution in [-0.4, -0.2) is 48.9 Å². The summed E-state index contributed by atoms with van der Waals surface area (Å²) in [6.07, 6.45) is 31.9. The fourth-order valence-corrected chi connectivity index (χ4v) is 5.43. The lowest BCUT2D eigenvalue weighted by Crippen LogP contribution is -2.31. The molecule has 0 aromatic heterocycles. The molecule has 1 N–H and O–H groups in total. The average Bonchev–Trinajstić information content (AvgIpc) is 3.02. The van der Waals surface area contributed by atoms with E-state index in [2.05, 4.69) is 13.8 Å². The number of aliphatic hydroxyl groups excluding tert-OH is 1. The van der Waals surface area contributed by atoms with E-state index in [4.69, 9.17) is 19.3 Å². The first-order valence-corrected chi connectivity index (χ1v) is 18.6. The van der Waals surface area contributed by atoms with Crippen LogP contribution in [0.2, 0.25) is 0 Å². The van der Waals surface area contributed by atoms with Gasteiger partial charge in [-0.05, 0) is 12.8 Å². The Bertz CT molecular complexity index is 606. The Balaban J connectivity index is 3.83. The Labute approximate surface area is 270 Å². The minimum absolute atomic E-state index is 0.185. The molecule has 44 heavy (non-hydrogen) atoms. The minimum Gasteiger partial charge on any atom is -0.462 e. The fourth-order valence-electron chi connectivity index (χ4n) is 5.43. The summed E-state index contributed by atoms with van der Waals surface area (Å²) >= 11 is 0. The summed E-state index contributed by atoms with van der Waals surface area (Å²) in [5.41, 5.74) is 0. The summed E-state index contributed by atoms with van der Waals surface area (Å²) in [7, 11) is 0. The van der Waals surface area contributed by atoms with Gasteiger partial charge in [-0.15, -0.1) is 0 Å². The molecule has 0 saturated carbocycles. The van der Waals surface area contributed by atoms with Crippen LogP contribution in [0.5, 0.6) is 0 Å². The highest BCUT2D eigenvalue weighted by atomic mass is 16.6. The second-order valence-electron chi connectivity index (χ2n) is 12.6. The average molecular weight is 627 g/mol. The van der Waals surface area contributed by atoms with E-state index in [0.29, 0.717) is 12.8 Å². The van der Waals surface area contributed by atoms with Gasteiger partial charge >= 0.3 is 17.9 Å². The molecule has 0 fully saturated rings. The minimum atomic E-state index is -0.916. The molecule has 0 saturated heterocycles. The number of carbonyl (C=O) groups is 3. The van der Waals surface area contributed by atoms with E-state index < -0.39 is 18.7 Å². The second kappa shape index (κ2) is 34.2. The number of hydrogen-bond acceptors (Lipinski definition) is 7. The normalized spacial score (nSPS) is 11.2. The maximum absolute atomic E-state index is 12.2. The van der Waals surface area contributed by atoms with Crippen LogP contribution in [0.25, 0.3) is 0 Å². The number of hydrogen-bond donors (Lipinski definition) is 1. The first-order chi connectivity index (χ1) is 21.5.